The maximum Gasteiger partial charge on any atom is 0.247 e. The number of carbonyl (C=O) groups is 1. The Morgan fingerprint density at radius 2 is 1.85 bits per heavy atom. The highest BCUT2D eigenvalue weighted by Gasteiger charge is 2.35. The van der Waals surface area contributed by atoms with E-state index in [9.17, 15) is 4.79 Å². The van der Waals surface area contributed by atoms with Crippen LogP contribution in [0.3, 0.4) is 0 Å². The Morgan fingerprint density at radius 3 is 2.67 bits per heavy atom. The van der Waals surface area contributed by atoms with Gasteiger partial charge in [0.05, 0.1) is 11.8 Å². The molecule has 2 aliphatic rings. The number of carbonyl (C=O) groups excluding carboxylic acids is 1. The lowest BCUT2D eigenvalue weighted by atomic mass is 10.1. The summed E-state index contributed by atoms with van der Waals surface area (Å²) in [5, 5.41) is 10.0. The highest BCUT2D eigenvalue weighted by Crippen LogP contribution is 2.44. The average molecular weight is 559 g/mol. The van der Waals surface area contributed by atoms with E-state index in [0.717, 1.165) is 35.3 Å². The molecule has 6 rings (SSSR count). The minimum Gasteiger partial charge on any atom is -0.490 e. The van der Waals surface area contributed by atoms with Gasteiger partial charge in [-0.3, -0.25) is 9.69 Å². The maximum atomic E-state index is 13.1. The van der Waals surface area contributed by atoms with Crippen molar-refractivity contribution in [2.45, 2.75) is 55.8 Å². The molecule has 0 saturated heterocycles. The number of thioether (sulfide) groups is 1. The molecule has 1 saturated carbocycles. The van der Waals surface area contributed by atoms with E-state index in [1.807, 2.05) is 72.8 Å². The van der Waals surface area contributed by atoms with Gasteiger partial charge in [0, 0.05) is 28.8 Å². The molecule has 1 aliphatic carbocycles. The Labute approximate surface area is 236 Å². The molecule has 9 heteroatoms. The molecule has 7 nitrogen and oxygen atoms in total. The molecule has 0 spiro atoms. The Kier molecular flexibility index (Phi) is 7.39. The monoisotopic (exact) mass is 558 g/mol. The molecule has 3 aromatic carbocycles. The number of benzene rings is 3. The zero-order valence-corrected chi connectivity index (χ0v) is 23.0. The van der Waals surface area contributed by atoms with Crippen LogP contribution in [0, 0.1) is 0 Å². The summed E-state index contributed by atoms with van der Waals surface area (Å²) in [6, 6.07) is 23.1. The number of aromatic nitrogens is 3. The smallest absolute Gasteiger partial charge is 0.247 e. The lowest BCUT2D eigenvalue weighted by molar-refractivity contribution is -0.118. The number of anilines is 1. The SMILES string of the molecule is CC(=O)N1c2ccccc2-c2nnc(SCc3ccccc3Cl)nc2O[C@@H]1c1cccc(OC2CCCC2)c1. The zero-order chi connectivity index (χ0) is 26.8. The Hall–Kier alpha value is -3.62. The van der Waals surface area contributed by atoms with Gasteiger partial charge in [0.25, 0.3) is 0 Å². The van der Waals surface area contributed by atoms with Crippen molar-refractivity contribution < 1.29 is 14.3 Å². The van der Waals surface area contributed by atoms with Crippen molar-refractivity contribution in [2.24, 2.45) is 0 Å². The van der Waals surface area contributed by atoms with Gasteiger partial charge in [-0.05, 0) is 55.5 Å². The van der Waals surface area contributed by atoms with Crippen molar-refractivity contribution >= 4 is 35.0 Å². The summed E-state index contributed by atoms with van der Waals surface area (Å²) >= 11 is 7.76. The molecule has 0 N–H and O–H groups in total. The van der Waals surface area contributed by atoms with Gasteiger partial charge in [-0.15, -0.1) is 10.2 Å². The molecule has 1 amide bonds. The second-order valence-corrected chi connectivity index (χ2v) is 11.0. The van der Waals surface area contributed by atoms with E-state index >= 15 is 0 Å². The summed E-state index contributed by atoms with van der Waals surface area (Å²) in [4.78, 5) is 19.5. The van der Waals surface area contributed by atoms with Crippen LogP contribution in [0.5, 0.6) is 11.6 Å². The van der Waals surface area contributed by atoms with Crippen LogP contribution in [0.25, 0.3) is 11.3 Å². The van der Waals surface area contributed by atoms with E-state index in [1.165, 1.54) is 31.5 Å². The first-order valence-corrected chi connectivity index (χ1v) is 14.4. The predicted octanol–water partition coefficient (Wildman–Crippen LogP) is 7.25. The maximum absolute atomic E-state index is 13.1. The minimum atomic E-state index is -0.768. The van der Waals surface area contributed by atoms with Crippen molar-refractivity contribution in [1.29, 1.82) is 0 Å². The van der Waals surface area contributed by atoms with Gasteiger partial charge in [-0.25, -0.2) is 0 Å². The van der Waals surface area contributed by atoms with Gasteiger partial charge in [-0.2, -0.15) is 4.98 Å². The number of ether oxygens (including phenoxy) is 2. The first kappa shape index (κ1) is 25.6. The standard InChI is InChI=1S/C30H27ClN4O3S/c1-19(36)35-26-16-7-5-14-24(26)27-28(32-30(34-33-27)39-18-21-9-2-6-15-25(21)31)38-29(35)20-10-8-13-23(17-20)37-22-11-3-4-12-22/h2,5-10,13-17,22,29H,3-4,11-12,18H2,1H3/t29-/m1/s1. The van der Waals surface area contributed by atoms with Crippen molar-refractivity contribution in [3.8, 4) is 22.9 Å². The zero-order valence-electron chi connectivity index (χ0n) is 21.4. The number of fused-ring (bicyclic) bond motifs is 3. The third-order valence-electron chi connectivity index (χ3n) is 6.91. The summed E-state index contributed by atoms with van der Waals surface area (Å²) in [5.74, 6) is 1.50. The van der Waals surface area contributed by atoms with Gasteiger partial charge in [0.2, 0.25) is 23.2 Å². The fraction of sp³-hybridized carbons (Fsp3) is 0.267. The topological polar surface area (TPSA) is 77.4 Å². The number of hydrogen-bond acceptors (Lipinski definition) is 7. The van der Waals surface area contributed by atoms with Gasteiger partial charge in [-0.1, -0.05) is 71.9 Å². The van der Waals surface area contributed by atoms with Crippen LogP contribution in [0.1, 0.15) is 50.0 Å². The van der Waals surface area contributed by atoms with Crippen LogP contribution in [0.15, 0.2) is 78.0 Å². The van der Waals surface area contributed by atoms with Gasteiger partial charge >= 0.3 is 0 Å². The van der Waals surface area contributed by atoms with Gasteiger partial charge < -0.3 is 9.47 Å². The second-order valence-electron chi connectivity index (χ2n) is 9.60. The predicted molar refractivity (Wildman–Crippen MR) is 152 cm³/mol. The summed E-state index contributed by atoms with van der Waals surface area (Å²) in [5.41, 5.74) is 3.66. The van der Waals surface area contributed by atoms with Crippen LogP contribution in [-0.2, 0) is 10.5 Å². The summed E-state index contributed by atoms with van der Waals surface area (Å²) in [6.07, 6.45) is 3.94. The lowest BCUT2D eigenvalue weighted by Crippen LogP contribution is -2.36. The first-order valence-electron chi connectivity index (χ1n) is 13.0. The summed E-state index contributed by atoms with van der Waals surface area (Å²) in [7, 11) is 0. The fourth-order valence-electron chi connectivity index (χ4n) is 5.03. The van der Waals surface area contributed by atoms with Gasteiger partial charge in [0.1, 0.15) is 5.75 Å². The number of hydrogen-bond donors (Lipinski definition) is 0. The Bertz CT molecular complexity index is 1510. The van der Waals surface area contributed by atoms with Crippen LogP contribution in [-0.4, -0.2) is 27.2 Å². The van der Waals surface area contributed by atoms with Crippen LogP contribution in [0.2, 0.25) is 5.02 Å². The molecule has 1 aromatic heterocycles. The number of para-hydroxylation sites is 1. The highest BCUT2D eigenvalue weighted by molar-refractivity contribution is 7.98. The van der Waals surface area contributed by atoms with Crippen LogP contribution < -0.4 is 14.4 Å². The number of halogens is 1. The third-order valence-corrected chi connectivity index (χ3v) is 8.17. The van der Waals surface area contributed by atoms with E-state index in [0.29, 0.717) is 33.2 Å². The number of rotatable bonds is 6. The van der Waals surface area contributed by atoms with Crippen LogP contribution in [0.4, 0.5) is 5.69 Å². The van der Waals surface area contributed by atoms with Gasteiger partial charge in [0.15, 0.2) is 5.69 Å². The van der Waals surface area contributed by atoms with E-state index in [1.54, 1.807) is 4.90 Å². The van der Waals surface area contributed by atoms with Crippen molar-refractivity contribution in [3.63, 3.8) is 0 Å². The van der Waals surface area contributed by atoms with E-state index in [2.05, 4.69) is 10.2 Å². The molecule has 1 aliphatic heterocycles. The second kappa shape index (κ2) is 11.2. The molecule has 198 valence electrons. The molecule has 1 atom stereocenters. The van der Waals surface area contributed by atoms with E-state index < -0.39 is 6.23 Å². The number of nitrogens with zero attached hydrogens (tertiary/aromatic N) is 4. The van der Waals surface area contributed by atoms with Crippen molar-refractivity contribution in [2.75, 3.05) is 4.90 Å². The van der Waals surface area contributed by atoms with E-state index in [4.69, 9.17) is 26.1 Å². The van der Waals surface area contributed by atoms with Crippen molar-refractivity contribution in [3.05, 3.63) is 88.9 Å². The molecule has 2 heterocycles. The molecular formula is C30H27ClN4O3S. The largest absolute Gasteiger partial charge is 0.490 e. The summed E-state index contributed by atoms with van der Waals surface area (Å²) in [6.45, 7) is 1.53. The summed E-state index contributed by atoms with van der Waals surface area (Å²) < 4.78 is 12.8. The molecule has 0 radical (unpaired) electrons. The van der Waals surface area contributed by atoms with Crippen LogP contribution >= 0.6 is 23.4 Å². The molecule has 39 heavy (non-hydrogen) atoms. The van der Waals surface area contributed by atoms with Crippen molar-refractivity contribution in [1.82, 2.24) is 15.2 Å². The lowest BCUT2D eigenvalue weighted by Gasteiger charge is -2.30. The molecule has 0 unspecified atom stereocenters. The Morgan fingerprint density at radius 1 is 1.05 bits per heavy atom. The third kappa shape index (κ3) is 5.44. The number of amides is 1. The fourth-order valence-corrected chi connectivity index (χ4v) is 6.09. The molecular weight excluding hydrogens is 532 g/mol. The average Bonchev–Trinajstić information content (AvgIpc) is 3.40. The first-order chi connectivity index (χ1) is 19.1. The molecule has 4 aromatic rings. The highest BCUT2D eigenvalue weighted by atomic mass is 35.5. The van der Waals surface area contributed by atoms with E-state index in [-0.39, 0.29) is 12.0 Å². The quantitative estimate of drug-likeness (QED) is 0.231. The molecule has 0 bridgehead atoms. The minimum absolute atomic E-state index is 0.163. The molecule has 1 fully saturated rings. The normalized spacial score (nSPS) is 16.7. The Balaban J connectivity index is 1.38.